The summed E-state index contributed by atoms with van der Waals surface area (Å²) >= 11 is 0. The smallest absolute Gasteiger partial charge is 0.405 e. The normalized spacial score (nSPS) is 17.1. The van der Waals surface area contributed by atoms with Gasteiger partial charge in [0.1, 0.15) is 5.56 Å². The molecule has 0 aliphatic carbocycles. The van der Waals surface area contributed by atoms with Crippen molar-refractivity contribution in [2.24, 2.45) is 0 Å². The molecule has 21 heavy (non-hydrogen) atoms. The molecule has 0 N–H and O–H groups in total. The van der Waals surface area contributed by atoms with Crippen molar-refractivity contribution in [3.63, 3.8) is 0 Å². The number of rotatable bonds is 2. The minimum Gasteiger partial charge on any atom is -0.405 e. The molecule has 5 heteroatoms. The molecule has 2 nitrogen and oxygen atoms in total. The molecule has 0 saturated carbocycles. The van der Waals surface area contributed by atoms with Crippen molar-refractivity contribution in [3.8, 4) is 5.75 Å². The average Bonchev–Trinajstić information content (AvgIpc) is 2.47. The largest absolute Gasteiger partial charge is 0.420 e. The Kier molecular flexibility index (Phi) is 3.76. The lowest BCUT2D eigenvalue weighted by Crippen LogP contribution is -2.33. The van der Waals surface area contributed by atoms with Crippen molar-refractivity contribution in [1.29, 1.82) is 0 Å². The first-order valence-electron chi connectivity index (χ1n) is 7.07. The summed E-state index contributed by atoms with van der Waals surface area (Å²) < 4.78 is 39.7. The van der Waals surface area contributed by atoms with Crippen molar-refractivity contribution in [3.05, 3.63) is 42.0 Å². The number of hydrogen-bond donors (Lipinski definition) is 0. The van der Waals surface area contributed by atoms with E-state index in [1.54, 1.807) is 29.3 Å². The first-order valence-corrected chi connectivity index (χ1v) is 7.07. The Morgan fingerprint density at radius 3 is 2.33 bits per heavy atom. The molecule has 0 radical (unpaired) electrons. The topological polar surface area (TPSA) is 12.5 Å². The third kappa shape index (κ3) is 2.97. The van der Waals surface area contributed by atoms with Crippen molar-refractivity contribution in [1.82, 2.24) is 5.06 Å². The van der Waals surface area contributed by atoms with Crippen LogP contribution in [0.5, 0.6) is 5.75 Å². The van der Waals surface area contributed by atoms with Gasteiger partial charge in [-0.25, -0.2) is 0 Å². The van der Waals surface area contributed by atoms with Gasteiger partial charge in [0.05, 0.1) is 0 Å². The second kappa shape index (κ2) is 5.56. The van der Waals surface area contributed by atoms with E-state index in [9.17, 15) is 13.2 Å². The third-order valence-corrected chi connectivity index (χ3v) is 3.72. The summed E-state index contributed by atoms with van der Waals surface area (Å²) in [6.45, 7) is 1.33. The molecule has 112 valence electrons. The second-order valence-corrected chi connectivity index (χ2v) is 5.24. The zero-order valence-electron chi connectivity index (χ0n) is 11.5. The highest BCUT2D eigenvalue weighted by Gasteiger charge is 2.36. The predicted octanol–water partition coefficient (Wildman–Crippen LogP) is 4.64. The molecule has 0 aromatic heterocycles. The molecule has 1 aliphatic rings. The Bertz CT molecular complexity index is 633. The highest BCUT2D eigenvalue weighted by atomic mass is 19.4. The van der Waals surface area contributed by atoms with Gasteiger partial charge in [0.15, 0.2) is 5.75 Å². The third-order valence-electron chi connectivity index (χ3n) is 3.72. The van der Waals surface area contributed by atoms with E-state index in [2.05, 4.69) is 0 Å². The molecule has 0 bridgehead atoms. The van der Waals surface area contributed by atoms with Gasteiger partial charge >= 0.3 is 6.18 Å². The van der Waals surface area contributed by atoms with Crippen molar-refractivity contribution in [2.45, 2.75) is 25.4 Å². The molecule has 3 rings (SSSR count). The minimum absolute atomic E-state index is 0.0810. The zero-order chi connectivity index (χ0) is 14.9. The molecule has 0 unspecified atom stereocenters. The van der Waals surface area contributed by atoms with E-state index >= 15 is 0 Å². The van der Waals surface area contributed by atoms with Crippen LogP contribution in [-0.2, 0) is 6.18 Å². The standard InChI is InChI=1S/C16H16F3NO/c17-16(18,19)14-9-8-12-6-2-3-7-13(12)15(14)21-20-10-4-1-5-11-20/h2-3,6-9H,1,4-5,10-11H2. The molecular weight excluding hydrogens is 279 g/mol. The second-order valence-electron chi connectivity index (χ2n) is 5.24. The first kappa shape index (κ1) is 14.2. The van der Waals surface area contributed by atoms with Gasteiger partial charge in [-0.1, -0.05) is 36.8 Å². The lowest BCUT2D eigenvalue weighted by molar-refractivity contribution is -0.144. The quantitative estimate of drug-likeness (QED) is 0.800. The number of benzene rings is 2. The van der Waals surface area contributed by atoms with Crippen molar-refractivity contribution in [2.75, 3.05) is 13.1 Å². The lowest BCUT2D eigenvalue weighted by atomic mass is 10.1. The van der Waals surface area contributed by atoms with Gasteiger partial charge in [-0.15, -0.1) is 5.06 Å². The van der Waals surface area contributed by atoms with Gasteiger partial charge in [0, 0.05) is 18.5 Å². The maximum atomic E-state index is 13.2. The molecule has 0 amide bonds. The Hall–Kier alpha value is -1.75. The number of fused-ring (bicyclic) bond motifs is 1. The van der Waals surface area contributed by atoms with Gasteiger partial charge in [0.25, 0.3) is 0 Å². The fraction of sp³-hybridized carbons (Fsp3) is 0.375. The SMILES string of the molecule is FC(F)(F)c1ccc2ccccc2c1ON1CCCCC1. The molecule has 1 heterocycles. The van der Waals surface area contributed by atoms with E-state index < -0.39 is 11.7 Å². The number of alkyl halides is 3. The molecule has 0 spiro atoms. The molecule has 2 aromatic carbocycles. The Morgan fingerprint density at radius 2 is 1.62 bits per heavy atom. The average molecular weight is 295 g/mol. The van der Waals surface area contributed by atoms with Gasteiger partial charge in [-0.2, -0.15) is 13.2 Å². The van der Waals surface area contributed by atoms with Crippen LogP contribution in [0.3, 0.4) is 0 Å². The summed E-state index contributed by atoms with van der Waals surface area (Å²) in [6.07, 6.45) is -1.42. The Morgan fingerprint density at radius 1 is 0.905 bits per heavy atom. The monoisotopic (exact) mass is 295 g/mol. The van der Waals surface area contributed by atoms with E-state index in [0.717, 1.165) is 30.7 Å². The van der Waals surface area contributed by atoms with Crippen LogP contribution in [-0.4, -0.2) is 18.2 Å². The Labute approximate surface area is 121 Å². The van der Waals surface area contributed by atoms with Crippen LogP contribution in [0.25, 0.3) is 10.8 Å². The predicted molar refractivity (Wildman–Crippen MR) is 75.0 cm³/mol. The molecule has 1 aliphatic heterocycles. The number of nitrogens with zero attached hydrogens (tertiary/aromatic N) is 1. The van der Waals surface area contributed by atoms with E-state index in [1.165, 1.54) is 6.07 Å². The molecule has 0 atom stereocenters. The molecule has 2 aromatic rings. The zero-order valence-corrected chi connectivity index (χ0v) is 11.5. The van der Waals surface area contributed by atoms with Gasteiger partial charge in [-0.3, -0.25) is 0 Å². The van der Waals surface area contributed by atoms with Gasteiger partial charge in [0.2, 0.25) is 0 Å². The van der Waals surface area contributed by atoms with E-state index in [1.807, 2.05) is 0 Å². The van der Waals surface area contributed by atoms with Crippen LogP contribution in [0.15, 0.2) is 36.4 Å². The van der Waals surface area contributed by atoms with Crippen LogP contribution in [0.1, 0.15) is 24.8 Å². The maximum absolute atomic E-state index is 13.2. The number of piperidine rings is 1. The van der Waals surface area contributed by atoms with Crippen LogP contribution in [0.4, 0.5) is 13.2 Å². The molecular formula is C16H16F3NO. The van der Waals surface area contributed by atoms with Crippen molar-refractivity contribution >= 4 is 10.8 Å². The summed E-state index contributed by atoms with van der Waals surface area (Å²) in [4.78, 5) is 5.64. The number of hydrogen-bond acceptors (Lipinski definition) is 2. The van der Waals surface area contributed by atoms with Crippen molar-refractivity contribution < 1.29 is 18.0 Å². The van der Waals surface area contributed by atoms with Gasteiger partial charge in [-0.05, 0) is 24.3 Å². The van der Waals surface area contributed by atoms with Crippen LogP contribution >= 0.6 is 0 Å². The number of halogens is 3. The Balaban J connectivity index is 2.07. The summed E-state index contributed by atoms with van der Waals surface area (Å²) in [5.41, 5.74) is -0.716. The van der Waals surface area contributed by atoms with Crippen LogP contribution < -0.4 is 4.84 Å². The summed E-state index contributed by atoms with van der Waals surface area (Å²) in [6, 6.07) is 9.58. The summed E-state index contributed by atoms with van der Waals surface area (Å²) in [5, 5.41) is 2.89. The molecule has 1 fully saturated rings. The van der Waals surface area contributed by atoms with E-state index in [0.29, 0.717) is 18.5 Å². The fourth-order valence-electron chi connectivity index (χ4n) is 2.65. The number of hydroxylamine groups is 2. The first-order chi connectivity index (χ1) is 10.1. The highest BCUT2D eigenvalue weighted by molar-refractivity contribution is 5.89. The lowest BCUT2D eigenvalue weighted by Gasteiger charge is -2.28. The van der Waals surface area contributed by atoms with Crippen LogP contribution in [0.2, 0.25) is 0 Å². The van der Waals surface area contributed by atoms with Gasteiger partial charge < -0.3 is 4.84 Å². The fourth-order valence-corrected chi connectivity index (χ4v) is 2.65. The maximum Gasteiger partial charge on any atom is 0.420 e. The van der Waals surface area contributed by atoms with E-state index in [4.69, 9.17) is 4.84 Å². The minimum atomic E-state index is -4.42. The summed E-state index contributed by atoms with van der Waals surface area (Å²) in [7, 11) is 0. The van der Waals surface area contributed by atoms with Crippen LogP contribution in [0, 0.1) is 0 Å². The molecule has 1 saturated heterocycles. The summed E-state index contributed by atoms with van der Waals surface area (Å²) in [5.74, 6) is -0.0810. The highest BCUT2D eigenvalue weighted by Crippen LogP contribution is 2.41. The van der Waals surface area contributed by atoms with E-state index in [-0.39, 0.29) is 5.75 Å².